The van der Waals surface area contributed by atoms with Gasteiger partial charge in [0.05, 0.1) is 18.7 Å². The van der Waals surface area contributed by atoms with Crippen LogP contribution < -0.4 is 5.32 Å². The number of anilines is 1. The summed E-state index contributed by atoms with van der Waals surface area (Å²) in [6, 6.07) is 8.07. The highest BCUT2D eigenvalue weighted by Crippen LogP contribution is 2.48. The zero-order valence-electron chi connectivity index (χ0n) is 13.1. The number of halogens is 1. The molecule has 1 aliphatic rings. The first-order valence-corrected chi connectivity index (χ1v) is 9.40. The highest BCUT2D eigenvalue weighted by molar-refractivity contribution is 9.10. The maximum absolute atomic E-state index is 12.3. The molecule has 0 spiro atoms. The van der Waals surface area contributed by atoms with Gasteiger partial charge in [0.1, 0.15) is 0 Å². The SMILES string of the molecule is CCOC(=O)Cc1csc(NC(=O)C2CC2c2ccc(Br)cc2)n1. The number of hydrogen-bond donors (Lipinski definition) is 1. The summed E-state index contributed by atoms with van der Waals surface area (Å²) in [6.45, 7) is 2.12. The molecule has 7 heteroatoms. The van der Waals surface area contributed by atoms with Gasteiger partial charge in [0.25, 0.3) is 0 Å². The van der Waals surface area contributed by atoms with E-state index in [2.05, 4.69) is 26.2 Å². The quantitative estimate of drug-likeness (QED) is 0.738. The fraction of sp³-hybridized carbons (Fsp3) is 0.353. The van der Waals surface area contributed by atoms with E-state index in [0.29, 0.717) is 17.4 Å². The summed E-state index contributed by atoms with van der Waals surface area (Å²) in [5.41, 5.74) is 1.80. The number of carbonyl (C=O) groups excluding carboxylic acids is 2. The first-order valence-electron chi connectivity index (χ1n) is 7.73. The van der Waals surface area contributed by atoms with Crippen LogP contribution >= 0.6 is 27.3 Å². The number of nitrogens with zero attached hydrogens (tertiary/aromatic N) is 1. The Balaban J connectivity index is 1.54. The fourth-order valence-electron chi connectivity index (χ4n) is 2.57. The van der Waals surface area contributed by atoms with Crippen LogP contribution in [0.4, 0.5) is 5.13 Å². The fourth-order valence-corrected chi connectivity index (χ4v) is 3.54. The molecule has 0 bridgehead atoms. The summed E-state index contributed by atoms with van der Waals surface area (Å²) in [6.07, 6.45) is 0.986. The lowest BCUT2D eigenvalue weighted by Gasteiger charge is -2.02. The molecule has 1 heterocycles. The predicted molar refractivity (Wildman–Crippen MR) is 96.1 cm³/mol. The van der Waals surface area contributed by atoms with E-state index in [4.69, 9.17) is 4.74 Å². The number of rotatable bonds is 6. The number of amides is 1. The Morgan fingerprint density at radius 3 is 2.83 bits per heavy atom. The maximum atomic E-state index is 12.3. The van der Waals surface area contributed by atoms with Crippen molar-refractivity contribution in [1.82, 2.24) is 4.98 Å². The summed E-state index contributed by atoms with van der Waals surface area (Å²) < 4.78 is 5.92. The van der Waals surface area contributed by atoms with Gasteiger partial charge in [-0.15, -0.1) is 11.3 Å². The molecule has 0 aliphatic heterocycles. The molecule has 2 aromatic rings. The van der Waals surface area contributed by atoms with E-state index in [1.807, 2.05) is 24.3 Å². The number of aromatic nitrogens is 1. The van der Waals surface area contributed by atoms with Gasteiger partial charge in [-0.3, -0.25) is 9.59 Å². The lowest BCUT2D eigenvalue weighted by molar-refractivity contribution is -0.142. The molecule has 1 fully saturated rings. The van der Waals surface area contributed by atoms with Crippen LogP contribution in [0.25, 0.3) is 0 Å². The topological polar surface area (TPSA) is 68.3 Å². The molecule has 0 radical (unpaired) electrons. The van der Waals surface area contributed by atoms with Gasteiger partial charge in [-0.25, -0.2) is 4.98 Å². The van der Waals surface area contributed by atoms with E-state index in [1.165, 1.54) is 16.9 Å². The van der Waals surface area contributed by atoms with Crippen LogP contribution in [-0.2, 0) is 20.7 Å². The molecule has 1 aromatic carbocycles. The molecule has 3 rings (SSSR count). The number of nitrogens with one attached hydrogen (secondary N) is 1. The van der Waals surface area contributed by atoms with Crippen molar-refractivity contribution in [3.05, 3.63) is 45.4 Å². The minimum absolute atomic E-state index is 0.0106. The van der Waals surface area contributed by atoms with Gasteiger partial charge in [-0.1, -0.05) is 28.1 Å². The third-order valence-corrected chi connectivity index (χ3v) is 5.17. The Kier molecular flexibility index (Phi) is 5.30. The summed E-state index contributed by atoms with van der Waals surface area (Å²) in [5, 5.41) is 5.15. The predicted octanol–water partition coefficient (Wildman–Crippen LogP) is 3.75. The zero-order chi connectivity index (χ0) is 17.1. The van der Waals surface area contributed by atoms with Crippen molar-refractivity contribution in [3.8, 4) is 0 Å². The molecule has 0 saturated heterocycles. The molecule has 1 saturated carbocycles. The van der Waals surface area contributed by atoms with Crippen molar-refractivity contribution in [2.45, 2.75) is 25.7 Å². The molecule has 24 heavy (non-hydrogen) atoms. The first-order chi connectivity index (χ1) is 11.6. The van der Waals surface area contributed by atoms with Crippen molar-refractivity contribution in [2.75, 3.05) is 11.9 Å². The second kappa shape index (κ2) is 7.44. The van der Waals surface area contributed by atoms with Gasteiger partial charge < -0.3 is 10.1 Å². The third-order valence-electron chi connectivity index (χ3n) is 3.84. The molecule has 126 valence electrons. The number of esters is 1. The lowest BCUT2D eigenvalue weighted by Crippen LogP contribution is -2.14. The highest BCUT2D eigenvalue weighted by atomic mass is 79.9. The second-order valence-electron chi connectivity index (χ2n) is 5.62. The van der Waals surface area contributed by atoms with Gasteiger partial charge in [-0.2, -0.15) is 0 Å². The molecular formula is C17H17BrN2O3S. The van der Waals surface area contributed by atoms with E-state index >= 15 is 0 Å². The number of ether oxygens (including phenoxy) is 1. The molecule has 5 nitrogen and oxygen atoms in total. The normalized spacial score (nSPS) is 18.9. The summed E-state index contributed by atoms with van der Waals surface area (Å²) in [5.74, 6) is -0.0567. The molecule has 1 aromatic heterocycles. The van der Waals surface area contributed by atoms with E-state index in [1.54, 1.807) is 12.3 Å². The zero-order valence-corrected chi connectivity index (χ0v) is 15.5. The van der Waals surface area contributed by atoms with Crippen LogP contribution in [-0.4, -0.2) is 23.5 Å². The summed E-state index contributed by atoms with van der Waals surface area (Å²) in [7, 11) is 0. The van der Waals surface area contributed by atoms with Gasteiger partial charge in [0.2, 0.25) is 5.91 Å². The Labute approximate surface area is 152 Å². The van der Waals surface area contributed by atoms with Crippen molar-refractivity contribution in [1.29, 1.82) is 0 Å². The van der Waals surface area contributed by atoms with Crippen LogP contribution in [0.3, 0.4) is 0 Å². The maximum Gasteiger partial charge on any atom is 0.311 e. The van der Waals surface area contributed by atoms with E-state index in [0.717, 1.165) is 10.9 Å². The van der Waals surface area contributed by atoms with Crippen molar-refractivity contribution in [2.24, 2.45) is 5.92 Å². The van der Waals surface area contributed by atoms with Crippen molar-refractivity contribution < 1.29 is 14.3 Å². The standard InChI is InChI=1S/C17H17BrN2O3S/c1-2-23-15(21)7-12-9-24-17(19-12)20-16(22)14-8-13(14)10-3-5-11(18)6-4-10/h3-6,9,13-14H,2,7-8H2,1H3,(H,19,20,22). The molecular weight excluding hydrogens is 392 g/mol. The van der Waals surface area contributed by atoms with Crippen molar-refractivity contribution in [3.63, 3.8) is 0 Å². The average Bonchev–Trinajstić information content (AvgIpc) is 3.24. The molecule has 1 amide bonds. The van der Waals surface area contributed by atoms with Crippen LogP contribution in [0, 0.1) is 5.92 Å². The number of benzene rings is 1. The Bertz CT molecular complexity index is 745. The van der Waals surface area contributed by atoms with Gasteiger partial charge in [0.15, 0.2) is 5.13 Å². The Morgan fingerprint density at radius 2 is 2.12 bits per heavy atom. The summed E-state index contributed by atoms with van der Waals surface area (Å²) in [4.78, 5) is 28.0. The molecule has 2 unspecified atom stereocenters. The van der Waals surface area contributed by atoms with Crippen LogP contribution in [0.2, 0.25) is 0 Å². The molecule has 2 atom stereocenters. The van der Waals surface area contributed by atoms with Crippen molar-refractivity contribution >= 4 is 44.3 Å². The van der Waals surface area contributed by atoms with Gasteiger partial charge in [-0.05, 0) is 37.0 Å². The monoisotopic (exact) mass is 408 g/mol. The smallest absolute Gasteiger partial charge is 0.311 e. The third kappa shape index (κ3) is 4.21. The van der Waals surface area contributed by atoms with Crippen LogP contribution in [0.15, 0.2) is 34.1 Å². The van der Waals surface area contributed by atoms with Gasteiger partial charge in [0, 0.05) is 15.8 Å². The van der Waals surface area contributed by atoms with E-state index < -0.39 is 0 Å². The Hall–Kier alpha value is -1.73. The minimum atomic E-state index is -0.307. The summed E-state index contributed by atoms with van der Waals surface area (Å²) >= 11 is 4.74. The van der Waals surface area contributed by atoms with E-state index in [-0.39, 0.29) is 30.1 Å². The second-order valence-corrected chi connectivity index (χ2v) is 7.39. The van der Waals surface area contributed by atoms with Crippen LogP contribution in [0.5, 0.6) is 0 Å². The largest absolute Gasteiger partial charge is 0.466 e. The number of carbonyl (C=O) groups is 2. The number of thiazole rings is 1. The van der Waals surface area contributed by atoms with E-state index in [9.17, 15) is 9.59 Å². The van der Waals surface area contributed by atoms with Gasteiger partial charge >= 0.3 is 5.97 Å². The van der Waals surface area contributed by atoms with Crippen LogP contribution in [0.1, 0.15) is 30.5 Å². The molecule has 1 aliphatic carbocycles. The minimum Gasteiger partial charge on any atom is -0.466 e. The first kappa shape index (κ1) is 17.1. The number of hydrogen-bond acceptors (Lipinski definition) is 5. The Morgan fingerprint density at radius 1 is 1.38 bits per heavy atom. The highest BCUT2D eigenvalue weighted by Gasteiger charge is 2.44. The average molecular weight is 409 g/mol. The molecule has 1 N–H and O–H groups in total. The lowest BCUT2D eigenvalue weighted by atomic mass is 10.1.